The third-order valence-corrected chi connectivity index (χ3v) is 4.98. The van der Waals surface area contributed by atoms with Crippen molar-refractivity contribution in [2.24, 2.45) is 7.05 Å². The van der Waals surface area contributed by atoms with Gasteiger partial charge in [0.15, 0.2) is 6.10 Å². The van der Waals surface area contributed by atoms with E-state index in [2.05, 4.69) is 0 Å². The van der Waals surface area contributed by atoms with Gasteiger partial charge in [-0.05, 0) is 62.4 Å². The third kappa shape index (κ3) is 3.96. The number of aromatic nitrogens is 1. The summed E-state index contributed by atoms with van der Waals surface area (Å²) in [5, 5.41) is 11.2. The molecule has 6 heteroatoms. The van der Waals surface area contributed by atoms with Crippen LogP contribution in [0.25, 0.3) is 21.9 Å². The third-order valence-electron chi connectivity index (χ3n) is 4.98. The van der Waals surface area contributed by atoms with Gasteiger partial charge in [0.05, 0.1) is 18.4 Å². The lowest BCUT2D eigenvalue weighted by Gasteiger charge is -2.28. The predicted octanol–water partition coefficient (Wildman–Crippen LogP) is 4.46. The maximum Gasteiger partial charge on any atom is 0.339 e. The summed E-state index contributed by atoms with van der Waals surface area (Å²) >= 11 is 0. The minimum Gasteiger partial charge on any atom is -0.496 e. The Morgan fingerprint density at radius 3 is 2.27 bits per heavy atom. The van der Waals surface area contributed by atoms with Gasteiger partial charge >= 0.3 is 5.97 Å². The van der Waals surface area contributed by atoms with E-state index in [1.54, 1.807) is 47.1 Å². The minimum absolute atomic E-state index is 0.265. The molecule has 2 aromatic carbocycles. The van der Waals surface area contributed by atoms with Gasteiger partial charge in [-0.1, -0.05) is 24.3 Å². The van der Waals surface area contributed by atoms with E-state index < -0.39 is 17.7 Å². The lowest BCUT2D eigenvalue weighted by atomic mass is 9.93. The van der Waals surface area contributed by atoms with E-state index in [1.165, 1.54) is 4.57 Å². The first-order chi connectivity index (χ1) is 14.0. The summed E-state index contributed by atoms with van der Waals surface area (Å²) < 4.78 is 12.7. The van der Waals surface area contributed by atoms with Gasteiger partial charge in [0.2, 0.25) is 0 Å². The summed E-state index contributed by atoms with van der Waals surface area (Å²) in [4.78, 5) is 25.4. The SMILES string of the molecule is COc1ccc(-c2c(C(OC(C)(C)C)C(=O)O)n(C)c(=O)c3ccccc23)cc1C. The van der Waals surface area contributed by atoms with Gasteiger partial charge in [0.1, 0.15) is 5.75 Å². The van der Waals surface area contributed by atoms with Crippen molar-refractivity contribution >= 4 is 16.7 Å². The number of hydrogen-bond donors (Lipinski definition) is 1. The number of carboxylic acids is 1. The molecule has 0 saturated carbocycles. The number of benzene rings is 2. The molecular formula is C24H27NO5. The van der Waals surface area contributed by atoms with Crippen LogP contribution in [-0.4, -0.2) is 28.4 Å². The van der Waals surface area contributed by atoms with Crippen LogP contribution in [0.2, 0.25) is 0 Å². The zero-order valence-corrected chi connectivity index (χ0v) is 18.1. The Labute approximate surface area is 175 Å². The van der Waals surface area contributed by atoms with E-state index in [-0.39, 0.29) is 5.56 Å². The number of pyridine rings is 1. The summed E-state index contributed by atoms with van der Waals surface area (Å²) in [7, 11) is 3.19. The standard InChI is InChI=1S/C24H27NO5/c1-14-13-15(11-12-18(14)29-6)19-16-9-7-8-10-17(16)22(26)25(5)20(19)21(23(27)28)30-24(2,3)4/h7-13,21H,1-6H3,(H,27,28). The summed E-state index contributed by atoms with van der Waals surface area (Å²) in [6.07, 6.45) is -1.32. The average Bonchev–Trinajstić information content (AvgIpc) is 2.68. The van der Waals surface area contributed by atoms with Gasteiger partial charge in [-0.25, -0.2) is 4.79 Å². The maximum atomic E-state index is 13.1. The van der Waals surface area contributed by atoms with Crippen molar-refractivity contribution in [3.05, 3.63) is 64.1 Å². The molecule has 0 aliphatic carbocycles. The van der Waals surface area contributed by atoms with Crippen molar-refractivity contribution in [2.45, 2.75) is 39.4 Å². The number of carbonyl (C=O) groups is 1. The van der Waals surface area contributed by atoms with Crippen molar-refractivity contribution < 1.29 is 19.4 Å². The summed E-state index contributed by atoms with van der Waals surface area (Å²) in [6, 6.07) is 12.9. The number of fused-ring (bicyclic) bond motifs is 1. The Morgan fingerprint density at radius 2 is 1.73 bits per heavy atom. The van der Waals surface area contributed by atoms with Crippen molar-refractivity contribution in [3.8, 4) is 16.9 Å². The Kier molecular flexibility index (Phi) is 5.72. The molecule has 0 spiro atoms. The molecule has 1 aromatic heterocycles. The lowest BCUT2D eigenvalue weighted by molar-refractivity contribution is -0.161. The van der Waals surface area contributed by atoms with Crippen molar-refractivity contribution in [2.75, 3.05) is 7.11 Å². The Bertz CT molecular complexity index is 1170. The number of nitrogens with zero attached hydrogens (tertiary/aromatic N) is 1. The van der Waals surface area contributed by atoms with Crippen LogP contribution < -0.4 is 10.3 Å². The molecule has 0 bridgehead atoms. The van der Waals surface area contributed by atoms with E-state index in [0.717, 1.165) is 16.9 Å². The molecule has 30 heavy (non-hydrogen) atoms. The van der Waals surface area contributed by atoms with E-state index in [1.807, 2.05) is 37.3 Å². The number of aryl methyl sites for hydroxylation is 1. The molecular weight excluding hydrogens is 382 g/mol. The second kappa shape index (κ2) is 7.95. The largest absolute Gasteiger partial charge is 0.496 e. The highest BCUT2D eigenvalue weighted by molar-refractivity contribution is 5.99. The van der Waals surface area contributed by atoms with Crippen LogP contribution >= 0.6 is 0 Å². The molecule has 1 heterocycles. The molecule has 0 radical (unpaired) electrons. The number of rotatable bonds is 5. The molecule has 3 rings (SSSR count). The van der Waals surface area contributed by atoms with Crippen molar-refractivity contribution in [1.82, 2.24) is 4.57 Å². The molecule has 6 nitrogen and oxygen atoms in total. The summed E-state index contributed by atoms with van der Waals surface area (Å²) in [5.74, 6) is -0.420. The summed E-state index contributed by atoms with van der Waals surface area (Å²) in [5.41, 5.74) is 1.68. The van der Waals surface area contributed by atoms with E-state index in [9.17, 15) is 14.7 Å². The number of ether oxygens (including phenoxy) is 2. The van der Waals surface area contributed by atoms with Crippen LogP contribution in [0.3, 0.4) is 0 Å². The second-order valence-electron chi connectivity index (χ2n) is 8.30. The molecule has 1 N–H and O–H groups in total. The molecule has 1 atom stereocenters. The van der Waals surface area contributed by atoms with Gasteiger partial charge in [-0.2, -0.15) is 0 Å². The quantitative estimate of drug-likeness (QED) is 0.673. The first-order valence-electron chi connectivity index (χ1n) is 9.72. The topological polar surface area (TPSA) is 77.8 Å². The maximum absolute atomic E-state index is 13.1. The summed E-state index contributed by atoms with van der Waals surface area (Å²) in [6.45, 7) is 7.30. The fourth-order valence-corrected chi connectivity index (χ4v) is 3.70. The highest BCUT2D eigenvalue weighted by Gasteiger charge is 2.32. The van der Waals surface area contributed by atoms with Crippen LogP contribution in [0.4, 0.5) is 0 Å². The highest BCUT2D eigenvalue weighted by atomic mass is 16.5. The molecule has 0 aliphatic rings. The smallest absolute Gasteiger partial charge is 0.339 e. The second-order valence-corrected chi connectivity index (χ2v) is 8.30. The normalized spacial score (nSPS) is 12.7. The van der Waals surface area contributed by atoms with Crippen LogP contribution in [0.15, 0.2) is 47.3 Å². The number of methoxy groups -OCH3 is 1. The average molecular weight is 409 g/mol. The van der Waals surface area contributed by atoms with Gasteiger partial charge in [0, 0.05) is 18.0 Å². The van der Waals surface area contributed by atoms with Gasteiger partial charge in [-0.3, -0.25) is 4.79 Å². The van der Waals surface area contributed by atoms with Crippen molar-refractivity contribution in [3.63, 3.8) is 0 Å². The molecule has 0 aliphatic heterocycles. The number of aliphatic carboxylic acids is 1. The van der Waals surface area contributed by atoms with Gasteiger partial charge in [0.25, 0.3) is 5.56 Å². The molecule has 0 fully saturated rings. The van der Waals surface area contributed by atoms with Crippen molar-refractivity contribution in [1.29, 1.82) is 0 Å². The van der Waals surface area contributed by atoms with Crippen LogP contribution in [-0.2, 0) is 16.6 Å². The first kappa shape index (κ1) is 21.6. The number of hydrogen-bond acceptors (Lipinski definition) is 4. The van der Waals surface area contributed by atoms with Crippen LogP contribution in [0.1, 0.15) is 38.1 Å². The minimum atomic E-state index is -1.32. The van der Waals surface area contributed by atoms with Gasteiger partial charge < -0.3 is 19.1 Å². The van der Waals surface area contributed by atoms with Crippen LogP contribution in [0.5, 0.6) is 5.75 Å². The Hall–Kier alpha value is -3.12. The van der Waals surface area contributed by atoms with E-state index in [0.29, 0.717) is 22.0 Å². The molecule has 3 aromatic rings. The van der Waals surface area contributed by atoms with E-state index >= 15 is 0 Å². The zero-order valence-electron chi connectivity index (χ0n) is 18.1. The first-order valence-corrected chi connectivity index (χ1v) is 9.72. The molecule has 0 saturated heterocycles. The Balaban J connectivity index is 2.46. The zero-order chi connectivity index (χ0) is 22.2. The fraction of sp³-hybridized carbons (Fsp3) is 0.333. The van der Waals surface area contributed by atoms with Gasteiger partial charge in [-0.15, -0.1) is 0 Å². The molecule has 0 amide bonds. The Morgan fingerprint density at radius 1 is 1.10 bits per heavy atom. The molecule has 158 valence electrons. The highest BCUT2D eigenvalue weighted by Crippen LogP contribution is 2.38. The number of carboxylic acid groups (broad SMARTS) is 1. The predicted molar refractivity (Wildman–Crippen MR) is 117 cm³/mol. The monoisotopic (exact) mass is 409 g/mol. The van der Waals surface area contributed by atoms with Crippen LogP contribution in [0, 0.1) is 6.92 Å². The van der Waals surface area contributed by atoms with E-state index in [4.69, 9.17) is 9.47 Å². The molecule has 1 unspecified atom stereocenters. The lowest BCUT2D eigenvalue weighted by Crippen LogP contribution is -2.32. The fourth-order valence-electron chi connectivity index (χ4n) is 3.70.